The Morgan fingerprint density at radius 3 is 2.77 bits per heavy atom. The molecule has 2 aliphatic rings. The number of ketones is 1. The van der Waals surface area contributed by atoms with E-state index in [4.69, 9.17) is 10.9 Å². The Hall–Kier alpha value is -3.36. The first kappa shape index (κ1) is 19.9. The minimum atomic E-state index is -0.559. The largest absolute Gasteiger partial charge is 0.387 e. The second kappa shape index (κ2) is 8.56. The van der Waals surface area contributed by atoms with Gasteiger partial charge in [0.05, 0.1) is 22.6 Å². The van der Waals surface area contributed by atoms with Crippen molar-refractivity contribution >= 4 is 28.6 Å². The van der Waals surface area contributed by atoms with Crippen LogP contribution in [0, 0.1) is 5.92 Å². The number of nitrogens with two attached hydrogens (primary N) is 1. The molecule has 0 fully saturated rings. The number of amides is 1. The Morgan fingerprint density at radius 1 is 1.27 bits per heavy atom. The van der Waals surface area contributed by atoms with Gasteiger partial charge in [0.15, 0.2) is 5.78 Å². The highest BCUT2D eigenvalue weighted by Gasteiger charge is 2.34. The molecule has 0 saturated carbocycles. The Balaban J connectivity index is 1.73. The lowest BCUT2D eigenvalue weighted by molar-refractivity contribution is -0.124. The number of dihydropyridines is 1. The lowest BCUT2D eigenvalue weighted by Gasteiger charge is -2.25. The molecule has 1 atom stereocenters. The number of hydrazine groups is 1. The summed E-state index contributed by atoms with van der Waals surface area (Å²) < 4.78 is 0. The maximum Gasteiger partial charge on any atom is 0.245 e. The van der Waals surface area contributed by atoms with Gasteiger partial charge < -0.3 is 20.7 Å². The van der Waals surface area contributed by atoms with Gasteiger partial charge in [0.1, 0.15) is 6.61 Å². The molecular formula is C22H25N5O3. The Bertz CT molecular complexity index is 1010. The van der Waals surface area contributed by atoms with Gasteiger partial charge in [-0.15, -0.1) is 0 Å². The topological polar surface area (TPSA) is 123 Å². The Kier molecular flexibility index (Phi) is 5.69. The number of Topliss-reactive ketones (excluding diaryl/α,β-unsaturated/α-hetero) is 1. The van der Waals surface area contributed by atoms with E-state index in [-0.39, 0.29) is 11.7 Å². The Labute approximate surface area is 174 Å². The number of rotatable bonds is 6. The third-order valence-corrected chi connectivity index (χ3v) is 5.41. The number of aromatic nitrogens is 1. The predicted molar refractivity (Wildman–Crippen MR) is 115 cm³/mol. The second-order valence-corrected chi connectivity index (χ2v) is 7.47. The van der Waals surface area contributed by atoms with Crippen LogP contribution in [-0.4, -0.2) is 41.5 Å². The summed E-state index contributed by atoms with van der Waals surface area (Å²) in [6.07, 6.45) is 6.78. The van der Waals surface area contributed by atoms with Gasteiger partial charge in [-0.25, -0.2) is 5.84 Å². The van der Waals surface area contributed by atoms with Crippen LogP contribution in [0.3, 0.4) is 0 Å². The van der Waals surface area contributed by atoms with Crippen molar-refractivity contribution in [1.29, 1.82) is 0 Å². The summed E-state index contributed by atoms with van der Waals surface area (Å²) in [5.41, 5.74) is 4.63. The van der Waals surface area contributed by atoms with E-state index < -0.39 is 12.5 Å². The third-order valence-electron chi connectivity index (χ3n) is 5.41. The monoisotopic (exact) mass is 407 g/mol. The summed E-state index contributed by atoms with van der Waals surface area (Å²) >= 11 is 0. The third kappa shape index (κ3) is 3.87. The number of aliphatic hydroxyl groups is 1. The molecule has 1 aliphatic heterocycles. The van der Waals surface area contributed by atoms with Gasteiger partial charge in [-0.2, -0.15) is 0 Å². The molecule has 0 spiro atoms. The lowest BCUT2D eigenvalue weighted by Crippen LogP contribution is -2.35. The fourth-order valence-electron chi connectivity index (χ4n) is 3.98. The zero-order valence-corrected chi connectivity index (χ0v) is 16.5. The van der Waals surface area contributed by atoms with Crippen LogP contribution >= 0.6 is 0 Å². The number of H-pyrrole nitrogens is 1. The molecule has 1 unspecified atom stereocenters. The lowest BCUT2D eigenvalue weighted by atomic mass is 9.86. The van der Waals surface area contributed by atoms with Crippen molar-refractivity contribution in [3.8, 4) is 0 Å². The predicted octanol–water partition coefficient (Wildman–Crippen LogP) is 1.38. The summed E-state index contributed by atoms with van der Waals surface area (Å²) in [4.78, 5) is 28.0. The SMILES string of the molecule is NN(c1ccccc1)c1c(C2=CCNC=C2)[nH]c2c1C(=O)CC(CNC(=O)CO)C2. The van der Waals surface area contributed by atoms with Crippen molar-refractivity contribution in [2.45, 2.75) is 12.8 Å². The van der Waals surface area contributed by atoms with Gasteiger partial charge >= 0.3 is 0 Å². The standard InChI is InChI=1S/C22H25N5O3/c23-27(16-4-2-1-3-5-16)22-20-17(26-21(22)15-6-8-24-9-7-15)10-14(11-18(20)29)12-25-19(30)13-28/h1-8,14,24,26,28H,9-13,23H2,(H,25,30). The van der Waals surface area contributed by atoms with Crippen LogP contribution in [0.5, 0.6) is 0 Å². The molecule has 1 aliphatic carbocycles. The quantitative estimate of drug-likeness (QED) is 0.364. The van der Waals surface area contributed by atoms with Gasteiger partial charge in [0.2, 0.25) is 5.91 Å². The molecule has 0 radical (unpaired) electrons. The van der Waals surface area contributed by atoms with E-state index >= 15 is 0 Å². The Morgan fingerprint density at radius 2 is 2.07 bits per heavy atom. The van der Waals surface area contributed by atoms with E-state index in [1.54, 1.807) is 5.01 Å². The summed E-state index contributed by atoms with van der Waals surface area (Å²) in [6.45, 7) is 0.469. The first-order valence-electron chi connectivity index (χ1n) is 9.94. The normalized spacial score (nSPS) is 17.7. The van der Waals surface area contributed by atoms with E-state index in [0.29, 0.717) is 37.2 Å². The summed E-state index contributed by atoms with van der Waals surface area (Å²) in [5, 5.41) is 16.3. The number of hydrogen-bond acceptors (Lipinski definition) is 6. The molecule has 4 rings (SSSR count). The molecule has 30 heavy (non-hydrogen) atoms. The molecule has 8 nitrogen and oxygen atoms in total. The molecule has 156 valence electrons. The van der Waals surface area contributed by atoms with E-state index in [2.05, 4.69) is 15.6 Å². The van der Waals surface area contributed by atoms with Crippen molar-refractivity contribution in [3.63, 3.8) is 0 Å². The maximum atomic E-state index is 13.1. The minimum Gasteiger partial charge on any atom is -0.387 e. The van der Waals surface area contributed by atoms with Crippen LogP contribution in [0.15, 0.2) is 48.7 Å². The highest BCUT2D eigenvalue weighted by atomic mass is 16.3. The fourth-order valence-corrected chi connectivity index (χ4v) is 3.98. The van der Waals surface area contributed by atoms with Gasteiger partial charge in [0.25, 0.3) is 0 Å². The molecule has 1 aromatic carbocycles. The van der Waals surface area contributed by atoms with Crippen LogP contribution in [0.2, 0.25) is 0 Å². The number of nitrogens with zero attached hydrogens (tertiary/aromatic N) is 1. The molecule has 1 amide bonds. The number of fused-ring (bicyclic) bond motifs is 1. The second-order valence-electron chi connectivity index (χ2n) is 7.47. The van der Waals surface area contributed by atoms with E-state index in [0.717, 1.165) is 22.6 Å². The van der Waals surface area contributed by atoms with Gasteiger partial charge in [-0.3, -0.25) is 14.6 Å². The summed E-state index contributed by atoms with van der Waals surface area (Å²) in [7, 11) is 0. The van der Waals surface area contributed by atoms with Crippen molar-refractivity contribution in [2.75, 3.05) is 24.7 Å². The molecule has 2 aromatic rings. The maximum absolute atomic E-state index is 13.1. The van der Waals surface area contributed by atoms with Crippen molar-refractivity contribution in [2.24, 2.45) is 11.8 Å². The number of allylic oxidation sites excluding steroid dienone is 2. The number of hydrogen-bond donors (Lipinski definition) is 5. The number of anilines is 2. The zero-order chi connectivity index (χ0) is 21.1. The number of nitrogens with one attached hydrogen (secondary N) is 3. The fraction of sp³-hybridized carbons (Fsp3) is 0.273. The number of carbonyl (C=O) groups is 2. The average molecular weight is 407 g/mol. The summed E-state index contributed by atoms with van der Waals surface area (Å²) in [5.74, 6) is 6.02. The van der Waals surface area contributed by atoms with Crippen LogP contribution in [-0.2, 0) is 11.2 Å². The minimum absolute atomic E-state index is 0.0121. The van der Waals surface area contributed by atoms with Crippen molar-refractivity contribution < 1.29 is 14.7 Å². The highest BCUT2D eigenvalue weighted by Crippen LogP contribution is 2.40. The molecule has 2 heterocycles. The van der Waals surface area contributed by atoms with E-state index in [1.165, 1.54) is 0 Å². The smallest absolute Gasteiger partial charge is 0.245 e. The number of aliphatic hydroxyl groups excluding tert-OH is 1. The van der Waals surface area contributed by atoms with Gasteiger partial charge in [-0.1, -0.05) is 24.3 Å². The molecule has 0 saturated heterocycles. The van der Waals surface area contributed by atoms with Crippen LogP contribution in [0.25, 0.3) is 5.57 Å². The number of carbonyl (C=O) groups excluding carboxylic acids is 2. The summed E-state index contributed by atoms with van der Waals surface area (Å²) in [6, 6.07) is 9.52. The van der Waals surface area contributed by atoms with Gasteiger partial charge in [0, 0.05) is 25.2 Å². The first-order valence-corrected chi connectivity index (χ1v) is 9.94. The van der Waals surface area contributed by atoms with Crippen molar-refractivity contribution in [3.05, 3.63) is 65.6 Å². The number of aromatic amines is 1. The molecular weight excluding hydrogens is 382 g/mol. The zero-order valence-electron chi connectivity index (χ0n) is 16.5. The van der Waals surface area contributed by atoms with Crippen LogP contribution in [0.4, 0.5) is 11.4 Å². The number of para-hydroxylation sites is 1. The van der Waals surface area contributed by atoms with Crippen molar-refractivity contribution in [1.82, 2.24) is 15.6 Å². The molecule has 1 aromatic heterocycles. The van der Waals surface area contributed by atoms with Gasteiger partial charge in [-0.05, 0) is 42.3 Å². The van der Waals surface area contributed by atoms with E-state index in [9.17, 15) is 9.59 Å². The van der Waals surface area contributed by atoms with Crippen LogP contribution < -0.4 is 21.5 Å². The van der Waals surface area contributed by atoms with Crippen LogP contribution in [0.1, 0.15) is 28.2 Å². The number of benzene rings is 1. The highest BCUT2D eigenvalue weighted by molar-refractivity contribution is 6.07. The molecule has 8 heteroatoms. The molecule has 0 bridgehead atoms. The van der Waals surface area contributed by atoms with E-state index in [1.807, 2.05) is 48.7 Å². The molecule has 6 N–H and O–H groups in total. The average Bonchev–Trinajstić information content (AvgIpc) is 3.18. The first-order chi connectivity index (χ1) is 14.6.